The average molecular weight is 1330 g/mol. The molecule has 2 fully saturated rings. The topological polar surface area (TPSA) is 268 Å². The molecule has 21 nitrogen and oxygen atoms in total. The zero-order valence-corrected chi connectivity index (χ0v) is 50.4. The molecule has 0 radical (unpaired) electrons. The van der Waals surface area contributed by atoms with Gasteiger partial charge < -0.3 is 40.4 Å². The molecule has 3 atom stereocenters. The molecule has 89 heavy (non-hydrogen) atoms. The number of ether oxygens (including phenoxy) is 4. The van der Waals surface area contributed by atoms with E-state index in [1.807, 2.05) is 0 Å². The minimum Gasteiger partial charge on any atom is -0.464 e. The van der Waals surface area contributed by atoms with Gasteiger partial charge in [0.25, 0.3) is 0 Å². The van der Waals surface area contributed by atoms with Gasteiger partial charge in [-0.15, -0.1) is 0 Å². The van der Waals surface area contributed by atoms with Crippen molar-refractivity contribution in [2.75, 3.05) is 19.8 Å². The molecule has 0 spiro atoms. The van der Waals surface area contributed by atoms with Crippen molar-refractivity contribution >= 4 is 58.9 Å². The SMILES string of the molecule is CC(C)(C)OC(=O)N[C@H](CO)c1ccc(Cl)c(-c2ncnn2C(F)F)c1.CC(C)(C)OC(=O)N[C@H](COC(=O)CC1(C(F)F)CC1)c1ccc(Cl)c(-c2ncnn2C(F)F)c1.N[C@H](COC(=O)CC1(C(F)F)CC1)c1ccc(Cl)c(-c2ncnn2C(F)F)c1. The predicted octanol–water partition coefficient (Wildman–Crippen LogP) is 13.1. The molecule has 2 aliphatic rings. The van der Waals surface area contributed by atoms with Crippen LogP contribution in [0.4, 0.5) is 53.5 Å². The van der Waals surface area contributed by atoms with Crippen molar-refractivity contribution in [2.45, 2.75) is 142 Å². The molecule has 6 aromatic rings. The predicted molar refractivity (Wildman–Crippen MR) is 300 cm³/mol. The summed E-state index contributed by atoms with van der Waals surface area (Å²) in [6, 6.07) is 10.6. The summed E-state index contributed by atoms with van der Waals surface area (Å²) < 4.78 is 153. The number of nitrogens with one attached hydrogen (secondary N) is 2. The molecule has 0 aliphatic heterocycles. The number of hydrogen-bond acceptors (Lipinski definition) is 16. The Morgan fingerprint density at radius 3 is 1.20 bits per heavy atom. The number of carbonyl (C=O) groups excluding carboxylic acids is 4. The largest absolute Gasteiger partial charge is 0.464 e. The first kappa shape index (κ1) is 70.7. The van der Waals surface area contributed by atoms with Crippen molar-refractivity contribution < 1.29 is 87.1 Å². The van der Waals surface area contributed by atoms with Crippen LogP contribution in [0.5, 0.6) is 0 Å². The molecule has 2 aliphatic carbocycles. The van der Waals surface area contributed by atoms with Gasteiger partial charge >= 0.3 is 43.8 Å². The van der Waals surface area contributed by atoms with E-state index in [2.05, 4.69) is 40.9 Å². The summed E-state index contributed by atoms with van der Waals surface area (Å²) in [5.74, 6) is -2.07. The minimum atomic E-state index is -2.98. The van der Waals surface area contributed by atoms with E-state index in [-0.39, 0.29) is 87.9 Å². The van der Waals surface area contributed by atoms with Crippen LogP contribution in [0.25, 0.3) is 34.2 Å². The third-order valence-corrected chi connectivity index (χ3v) is 14.3. The molecule has 5 N–H and O–H groups in total. The van der Waals surface area contributed by atoms with Crippen molar-refractivity contribution in [1.82, 2.24) is 54.9 Å². The van der Waals surface area contributed by atoms with Gasteiger partial charge in [-0.1, -0.05) is 53.0 Å². The van der Waals surface area contributed by atoms with Gasteiger partial charge in [0, 0.05) is 27.5 Å². The third-order valence-electron chi connectivity index (χ3n) is 13.3. The number of nitrogens with zero attached hydrogens (tertiary/aromatic N) is 9. The van der Waals surface area contributed by atoms with Crippen molar-refractivity contribution in [3.8, 4) is 34.2 Å². The Labute approximate surface area is 516 Å². The van der Waals surface area contributed by atoms with Crippen molar-refractivity contribution in [1.29, 1.82) is 0 Å². The first-order chi connectivity index (χ1) is 41.7. The van der Waals surface area contributed by atoms with Crippen molar-refractivity contribution in [2.24, 2.45) is 16.6 Å². The van der Waals surface area contributed by atoms with Crippen LogP contribution in [0.2, 0.25) is 15.1 Å². The smallest absolute Gasteiger partial charge is 0.408 e. The van der Waals surface area contributed by atoms with E-state index in [0.29, 0.717) is 30.7 Å². The van der Waals surface area contributed by atoms with E-state index < -0.39 is 116 Å². The van der Waals surface area contributed by atoms with E-state index in [4.69, 9.17) is 59.5 Å². The monoisotopic (exact) mass is 1330 g/mol. The van der Waals surface area contributed by atoms with Crippen molar-refractivity contribution in [3.05, 3.63) is 105 Å². The molecule has 2 amide bonds. The standard InChI is InChI=1S/C22H25ClF4N4O4.C17H17ClF4N4O2.C16H19ClF2N4O3/c1-21(2,3)35-20(33)30-15(10-34-16(32)9-22(6-7-22)18(24)25)12-4-5-14(23)13(8-12)17-28-11-29-31(17)19(26)27;18-11-2-1-9(5-10(11)14-24-8-25-26(14)16(21)22)12(23)7-28-13(27)6-17(3-4-17)15(19)20;1-16(2,3)26-15(25)22-12(7-24)9-4-5-11(17)10(6-9)13-20-8-21-23(13)14(18)19/h4-5,8,11,15,18-19H,6-7,9-10H2,1-3H3,(H,30,33);1-2,5,8,12,15-16H,3-4,6-7,23H2;4-6,8,12,14,24H,7H2,1-3H3,(H,22,25)/t15-;2*12-/m111/s1. The Balaban J connectivity index is 0.000000216. The maximum absolute atomic E-state index is 13.3. The van der Waals surface area contributed by atoms with Gasteiger partial charge in [-0.05, 0) is 120 Å². The summed E-state index contributed by atoms with van der Waals surface area (Å²) in [5.41, 5.74) is 3.52. The molecule has 486 valence electrons. The van der Waals surface area contributed by atoms with E-state index in [1.54, 1.807) is 53.7 Å². The summed E-state index contributed by atoms with van der Waals surface area (Å²) in [7, 11) is 0. The molecule has 3 aromatic carbocycles. The molecule has 2 saturated carbocycles. The van der Waals surface area contributed by atoms with E-state index in [0.717, 1.165) is 19.0 Å². The molecular formula is C55H61Cl3F10N12O9. The van der Waals surface area contributed by atoms with Crippen LogP contribution in [0.15, 0.2) is 73.6 Å². The number of benzene rings is 3. The maximum atomic E-state index is 13.3. The average Bonchev–Trinajstić information content (AvgIpc) is 2.02. The number of amides is 2. The highest BCUT2D eigenvalue weighted by Gasteiger charge is 2.53. The Morgan fingerprint density at radius 2 is 0.876 bits per heavy atom. The number of alkyl carbamates (subject to hydrolysis) is 2. The van der Waals surface area contributed by atoms with E-state index in [1.165, 1.54) is 42.5 Å². The highest BCUT2D eigenvalue weighted by molar-refractivity contribution is 6.34. The molecule has 0 bridgehead atoms. The number of alkyl halides is 10. The number of hydrogen-bond donors (Lipinski definition) is 4. The van der Waals surface area contributed by atoms with Gasteiger partial charge in [-0.2, -0.15) is 55.7 Å². The lowest BCUT2D eigenvalue weighted by molar-refractivity contribution is -0.148. The molecule has 34 heteroatoms. The lowest BCUT2D eigenvalue weighted by Gasteiger charge is -2.24. The second kappa shape index (κ2) is 30.0. The zero-order chi connectivity index (χ0) is 65.9. The summed E-state index contributed by atoms with van der Waals surface area (Å²) in [6.45, 7) is 0.206. The summed E-state index contributed by atoms with van der Waals surface area (Å²) in [4.78, 5) is 59.9. The van der Waals surface area contributed by atoms with Crippen LogP contribution in [0.3, 0.4) is 0 Å². The lowest BCUT2D eigenvalue weighted by atomic mass is 10.0. The fourth-order valence-corrected chi connectivity index (χ4v) is 8.92. The Morgan fingerprint density at radius 1 is 0.551 bits per heavy atom. The minimum absolute atomic E-state index is 0.0873. The summed E-state index contributed by atoms with van der Waals surface area (Å²) in [6.07, 6.45) is -3.63. The van der Waals surface area contributed by atoms with Gasteiger partial charge in [-0.3, -0.25) is 9.59 Å². The Bertz CT molecular complexity index is 3390. The second-order valence-electron chi connectivity index (χ2n) is 22.4. The number of aliphatic hydroxyl groups is 1. The lowest BCUT2D eigenvalue weighted by Crippen LogP contribution is -2.37. The highest BCUT2D eigenvalue weighted by Crippen LogP contribution is 2.54. The molecule has 3 aromatic heterocycles. The summed E-state index contributed by atoms with van der Waals surface area (Å²) >= 11 is 18.4. The van der Waals surface area contributed by atoms with Gasteiger partial charge in [0.1, 0.15) is 43.4 Å². The number of halogens is 13. The molecule has 8 rings (SSSR count). The maximum Gasteiger partial charge on any atom is 0.408 e. The van der Waals surface area contributed by atoms with Gasteiger partial charge in [-0.25, -0.2) is 42.1 Å². The Kier molecular flexibility index (Phi) is 23.8. The van der Waals surface area contributed by atoms with Crippen molar-refractivity contribution in [3.63, 3.8) is 0 Å². The number of aliphatic hydroxyl groups excluding tert-OH is 1. The van der Waals surface area contributed by atoms with Crippen LogP contribution in [-0.2, 0) is 28.5 Å². The number of aromatic nitrogens is 9. The molecule has 3 heterocycles. The Hall–Kier alpha value is -7.35. The third kappa shape index (κ3) is 19.6. The fourth-order valence-electron chi connectivity index (χ4n) is 8.32. The highest BCUT2D eigenvalue weighted by atomic mass is 35.5. The summed E-state index contributed by atoms with van der Waals surface area (Å²) in [5, 5.41) is 25.5. The first-order valence-corrected chi connectivity index (χ1v) is 28.0. The number of rotatable bonds is 22. The second-order valence-corrected chi connectivity index (χ2v) is 23.6. The molecular weight excluding hydrogens is 1270 g/mol. The normalized spacial score (nSPS) is 15.1. The van der Waals surface area contributed by atoms with Crippen LogP contribution in [0, 0.1) is 10.8 Å². The van der Waals surface area contributed by atoms with Crippen LogP contribution in [-0.4, -0.2) is 117 Å². The van der Waals surface area contributed by atoms with Crippen LogP contribution < -0.4 is 16.4 Å². The van der Waals surface area contributed by atoms with Crippen LogP contribution >= 0.6 is 34.8 Å². The molecule has 0 saturated heterocycles. The molecule has 0 unspecified atom stereocenters. The number of carbonyl (C=O) groups is 4. The van der Waals surface area contributed by atoms with Gasteiger partial charge in [0.2, 0.25) is 12.9 Å². The number of esters is 2. The van der Waals surface area contributed by atoms with Gasteiger partial charge in [0.15, 0.2) is 17.5 Å². The first-order valence-electron chi connectivity index (χ1n) is 26.8. The van der Waals surface area contributed by atoms with E-state index in [9.17, 15) is 68.2 Å². The zero-order valence-electron chi connectivity index (χ0n) is 48.1. The van der Waals surface area contributed by atoms with Crippen LogP contribution in [0.1, 0.15) is 135 Å². The number of nitrogens with two attached hydrogens (primary N) is 1. The van der Waals surface area contributed by atoms with E-state index >= 15 is 0 Å². The van der Waals surface area contributed by atoms with Gasteiger partial charge in [0.05, 0.1) is 52.6 Å². The quantitative estimate of drug-likeness (QED) is 0.0279. The fraction of sp³-hybridized carbons (Fsp3) is 0.491.